The summed E-state index contributed by atoms with van der Waals surface area (Å²) in [7, 11) is 0. The lowest BCUT2D eigenvalue weighted by molar-refractivity contribution is 0.520. The largest absolute Gasteiger partial charge is 0.202 e. The second-order valence-corrected chi connectivity index (χ2v) is 5.11. The zero-order chi connectivity index (χ0) is 13.1. The van der Waals surface area contributed by atoms with Gasteiger partial charge < -0.3 is 0 Å². The summed E-state index contributed by atoms with van der Waals surface area (Å²) >= 11 is 1.81. The summed E-state index contributed by atoms with van der Waals surface area (Å²) in [4.78, 5) is -0.164. The van der Waals surface area contributed by atoms with Crippen molar-refractivity contribution in [3.05, 3.63) is 56.4 Å². The molecular formula is C12H6F4S2. The fourth-order valence-electron chi connectivity index (χ4n) is 1.22. The van der Waals surface area contributed by atoms with E-state index < -0.39 is 23.3 Å². The van der Waals surface area contributed by atoms with Gasteiger partial charge in [-0.2, -0.15) is 0 Å². The fraction of sp³-hybridized carbons (Fsp3) is 0. The molecule has 94 valence electrons. The van der Waals surface area contributed by atoms with Crippen LogP contribution in [-0.2, 0) is 0 Å². The third-order valence-corrected chi connectivity index (χ3v) is 3.78. The van der Waals surface area contributed by atoms with Crippen LogP contribution in [0, 0.1) is 0 Å². The summed E-state index contributed by atoms with van der Waals surface area (Å²) in [5.74, 6) is -6.42. The minimum Gasteiger partial charge on any atom is -0.202 e. The van der Waals surface area contributed by atoms with E-state index in [0.717, 1.165) is 22.7 Å². The molecule has 0 spiro atoms. The van der Waals surface area contributed by atoms with Crippen molar-refractivity contribution in [2.45, 2.75) is 0 Å². The van der Waals surface area contributed by atoms with Gasteiger partial charge in [0.05, 0.1) is 9.75 Å². The van der Waals surface area contributed by atoms with Crippen LogP contribution in [-0.4, -0.2) is 0 Å². The Morgan fingerprint density at radius 2 is 1.11 bits per heavy atom. The van der Waals surface area contributed by atoms with Crippen LogP contribution in [0.3, 0.4) is 0 Å². The Morgan fingerprint density at radius 3 is 1.39 bits per heavy atom. The number of halogens is 4. The van der Waals surface area contributed by atoms with Crippen LogP contribution in [0.1, 0.15) is 9.75 Å². The molecule has 0 bridgehead atoms. The second-order valence-electron chi connectivity index (χ2n) is 3.21. The summed E-state index contributed by atoms with van der Waals surface area (Å²) in [6, 6.07) is 5.56. The van der Waals surface area contributed by atoms with Gasteiger partial charge in [0.25, 0.3) is 0 Å². The minimum atomic E-state index is -1.82. The first-order chi connectivity index (χ1) is 8.61. The summed E-state index contributed by atoms with van der Waals surface area (Å²) in [5, 5.41) is 3.03. The monoisotopic (exact) mass is 290 g/mol. The van der Waals surface area contributed by atoms with Crippen molar-refractivity contribution in [1.82, 2.24) is 0 Å². The smallest absolute Gasteiger partial charge is 0.198 e. The number of hydrogen-bond acceptors (Lipinski definition) is 2. The molecule has 2 aromatic heterocycles. The average molecular weight is 290 g/mol. The number of allylic oxidation sites excluding steroid dienone is 2. The normalized spacial score (nSPS) is 14.2. The lowest BCUT2D eigenvalue weighted by atomic mass is 10.3. The van der Waals surface area contributed by atoms with E-state index in [1.165, 1.54) is 35.0 Å². The van der Waals surface area contributed by atoms with E-state index >= 15 is 0 Å². The van der Waals surface area contributed by atoms with Gasteiger partial charge in [0, 0.05) is 0 Å². The molecule has 0 nitrogen and oxygen atoms in total. The fourth-order valence-corrected chi connectivity index (χ4v) is 2.52. The van der Waals surface area contributed by atoms with E-state index in [2.05, 4.69) is 0 Å². The van der Waals surface area contributed by atoms with Gasteiger partial charge >= 0.3 is 0 Å². The standard InChI is InChI=1S/C12H6F4S2/c13-9(7-3-1-5-17-7)11(15)12(16)10(14)8-4-2-6-18-8/h1-6H/b11-9+,12-10+. The van der Waals surface area contributed by atoms with E-state index in [1.807, 2.05) is 0 Å². The van der Waals surface area contributed by atoms with E-state index in [0.29, 0.717) is 0 Å². The van der Waals surface area contributed by atoms with E-state index in [-0.39, 0.29) is 9.75 Å². The molecule has 0 aliphatic heterocycles. The van der Waals surface area contributed by atoms with Crippen LogP contribution in [0.4, 0.5) is 17.6 Å². The quantitative estimate of drug-likeness (QED) is 0.500. The molecule has 0 N–H and O–H groups in total. The van der Waals surface area contributed by atoms with Crippen molar-refractivity contribution in [3.63, 3.8) is 0 Å². The van der Waals surface area contributed by atoms with Crippen molar-refractivity contribution >= 4 is 34.3 Å². The van der Waals surface area contributed by atoms with Gasteiger partial charge in [-0.05, 0) is 22.9 Å². The first-order valence-corrected chi connectivity index (χ1v) is 6.56. The molecule has 0 aromatic carbocycles. The lowest BCUT2D eigenvalue weighted by Crippen LogP contribution is -1.84. The molecule has 2 heterocycles. The van der Waals surface area contributed by atoms with E-state index in [1.54, 1.807) is 0 Å². The highest BCUT2D eigenvalue weighted by atomic mass is 32.1. The van der Waals surface area contributed by atoms with E-state index in [4.69, 9.17) is 0 Å². The third kappa shape index (κ3) is 2.54. The van der Waals surface area contributed by atoms with Crippen molar-refractivity contribution in [3.8, 4) is 0 Å². The van der Waals surface area contributed by atoms with Gasteiger partial charge in [-0.1, -0.05) is 12.1 Å². The van der Waals surface area contributed by atoms with Gasteiger partial charge in [-0.15, -0.1) is 22.7 Å². The highest BCUT2D eigenvalue weighted by molar-refractivity contribution is 7.11. The topological polar surface area (TPSA) is 0 Å². The molecule has 0 saturated heterocycles. The zero-order valence-corrected chi connectivity index (χ0v) is 10.4. The maximum atomic E-state index is 13.5. The molecule has 0 amide bonds. The molecule has 0 aliphatic rings. The zero-order valence-electron chi connectivity index (χ0n) is 8.79. The SMILES string of the molecule is FC(/C(F)=C(\F)c1cccs1)=C(/F)c1cccs1. The summed E-state index contributed by atoms with van der Waals surface area (Å²) in [6.45, 7) is 0. The van der Waals surface area contributed by atoms with E-state index in [9.17, 15) is 17.6 Å². The predicted molar refractivity (Wildman–Crippen MR) is 66.9 cm³/mol. The minimum absolute atomic E-state index is 0.0818. The highest BCUT2D eigenvalue weighted by Crippen LogP contribution is 2.35. The summed E-state index contributed by atoms with van der Waals surface area (Å²) in [6.07, 6.45) is 0. The number of hydrogen-bond donors (Lipinski definition) is 0. The molecule has 0 unspecified atom stereocenters. The molecule has 0 radical (unpaired) electrons. The molecule has 0 saturated carbocycles. The Hall–Kier alpha value is -1.40. The average Bonchev–Trinajstić information content (AvgIpc) is 3.06. The molecule has 2 aromatic rings. The molecule has 18 heavy (non-hydrogen) atoms. The summed E-state index contributed by atoms with van der Waals surface area (Å²) in [5.41, 5.74) is 0. The molecule has 6 heteroatoms. The first-order valence-electron chi connectivity index (χ1n) is 4.80. The Kier molecular flexibility index (Phi) is 3.98. The maximum Gasteiger partial charge on any atom is 0.198 e. The van der Waals surface area contributed by atoms with Gasteiger partial charge in [0.2, 0.25) is 0 Å². The number of rotatable bonds is 3. The first kappa shape index (κ1) is 13.0. The highest BCUT2D eigenvalue weighted by Gasteiger charge is 2.20. The second kappa shape index (κ2) is 5.49. The van der Waals surface area contributed by atoms with Crippen LogP contribution < -0.4 is 0 Å². The van der Waals surface area contributed by atoms with Gasteiger partial charge in [0.15, 0.2) is 23.3 Å². The lowest BCUT2D eigenvalue weighted by Gasteiger charge is -1.98. The van der Waals surface area contributed by atoms with Crippen LogP contribution in [0.2, 0.25) is 0 Å². The van der Waals surface area contributed by atoms with Crippen molar-refractivity contribution in [1.29, 1.82) is 0 Å². The van der Waals surface area contributed by atoms with Crippen LogP contribution in [0.15, 0.2) is 46.7 Å². The Balaban J connectivity index is 2.42. The Bertz CT molecular complexity index is 525. The van der Waals surface area contributed by atoms with Crippen molar-refractivity contribution in [2.24, 2.45) is 0 Å². The maximum absolute atomic E-state index is 13.5. The molecule has 2 rings (SSSR count). The van der Waals surface area contributed by atoms with Gasteiger partial charge in [-0.3, -0.25) is 0 Å². The molecule has 0 fully saturated rings. The van der Waals surface area contributed by atoms with Gasteiger partial charge in [0.1, 0.15) is 0 Å². The molecule has 0 atom stereocenters. The molecular weight excluding hydrogens is 284 g/mol. The third-order valence-electron chi connectivity index (χ3n) is 2.05. The van der Waals surface area contributed by atoms with Crippen molar-refractivity contribution in [2.75, 3.05) is 0 Å². The predicted octanol–water partition coefficient (Wildman–Crippen LogP) is 5.73. The Labute approximate surface area is 109 Å². The Morgan fingerprint density at radius 1 is 0.722 bits per heavy atom. The van der Waals surface area contributed by atoms with Crippen LogP contribution in [0.25, 0.3) is 11.7 Å². The number of thiophene rings is 2. The molecule has 0 aliphatic carbocycles. The summed E-state index contributed by atoms with van der Waals surface area (Å²) < 4.78 is 53.9. The van der Waals surface area contributed by atoms with Crippen LogP contribution in [0.5, 0.6) is 0 Å². The van der Waals surface area contributed by atoms with Gasteiger partial charge in [-0.25, -0.2) is 17.6 Å². The van der Waals surface area contributed by atoms with Crippen molar-refractivity contribution < 1.29 is 17.6 Å². The van der Waals surface area contributed by atoms with Crippen LogP contribution >= 0.6 is 22.7 Å².